The van der Waals surface area contributed by atoms with Crippen LogP contribution in [0.3, 0.4) is 0 Å². The summed E-state index contributed by atoms with van der Waals surface area (Å²) in [5.74, 6) is -0.140. The van der Waals surface area contributed by atoms with E-state index in [0.29, 0.717) is 32.4 Å². The number of likely N-dealkylation sites (N-methyl/N-ethyl adjacent to an activating group) is 1. The minimum Gasteiger partial charge on any atom is -0.361 e. The van der Waals surface area contributed by atoms with Gasteiger partial charge < -0.3 is 15.0 Å². The van der Waals surface area contributed by atoms with Gasteiger partial charge in [0.1, 0.15) is 0 Å². The second-order valence-corrected chi connectivity index (χ2v) is 9.02. The van der Waals surface area contributed by atoms with Crippen LogP contribution in [0.15, 0.2) is 72.1 Å². The average molecular weight is 449 g/mol. The molecule has 0 unspecified atom stereocenters. The van der Waals surface area contributed by atoms with Gasteiger partial charge in [-0.1, -0.05) is 60.7 Å². The molecule has 1 saturated heterocycles. The van der Waals surface area contributed by atoms with Gasteiger partial charge in [0.25, 0.3) is 5.91 Å². The maximum Gasteiger partial charge on any atom is 0.254 e. The Morgan fingerprint density at radius 3 is 2.50 bits per heavy atom. The standard InChI is InChI=1S/C26H28N2O3S/c1-27-25(30)26(18-21-9-12-22(13-10-21)23-8-5-17-32-23)19-28(15-16-31-26)24(29)14-11-20-6-3-2-4-7-20/h2-10,12-13,17H,11,14-16,18-19H2,1H3,(H,27,30)/t26-/m0/s1. The first kappa shape index (κ1) is 22.2. The van der Waals surface area contributed by atoms with E-state index in [9.17, 15) is 9.59 Å². The highest BCUT2D eigenvalue weighted by Crippen LogP contribution is 2.28. The summed E-state index contributed by atoms with van der Waals surface area (Å²) in [6, 6.07) is 22.3. The third kappa shape index (κ3) is 5.09. The molecule has 1 aliphatic heterocycles. The topological polar surface area (TPSA) is 58.6 Å². The second-order valence-electron chi connectivity index (χ2n) is 8.07. The van der Waals surface area contributed by atoms with Crippen LogP contribution in [-0.4, -0.2) is 49.1 Å². The van der Waals surface area contributed by atoms with E-state index in [0.717, 1.165) is 16.7 Å². The van der Waals surface area contributed by atoms with Crippen LogP contribution in [0.4, 0.5) is 0 Å². The molecule has 4 rings (SSSR count). The molecule has 1 atom stereocenters. The predicted octanol–water partition coefficient (Wildman–Crippen LogP) is 3.93. The first-order valence-electron chi connectivity index (χ1n) is 10.9. The van der Waals surface area contributed by atoms with Crippen molar-refractivity contribution in [2.75, 3.05) is 26.7 Å². The number of nitrogens with zero attached hydrogens (tertiary/aromatic N) is 1. The fourth-order valence-corrected chi connectivity index (χ4v) is 4.90. The zero-order valence-electron chi connectivity index (χ0n) is 18.3. The van der Waals surface area contributed by atoms with Gasteiger partial charge in [-0.3, -0.25) is 9.59 Å². The Balaban J connectivity index is 1.46. The van der Waals surface area contributed by atoms with Gasteiger partial charge in [0.2, 0.25) is 5.91 Å². The number of hydrogen-bond acceptors (Lipinski definition) is 4. The van der Waals surface area contributed by atoms with E-state index in [2.05, 4.69) is 28.9 Å². The maximum absolute atomic E-state index is 12.9. The van der Waals surface area contributed by atoms with E-state index >= 15 is 0 Å². The fourth-order valence-electron chi connectivity index (χ4n) is 4.16. The van der Waals surface area contributed by atoms with Crippen molar-refractivity contribution < 1.29 is 14.3 Å². The number of carbonyl (C=O) groups is 2. The quantitative estimate of drug-likeness (QED) is 0.596. The SMILES string of the molecule is CNC(=O)[C@]1(Cc2ccc(-c3cccs3)cc2)CN(C(=O)CCc2ccccc2)CCO1. The molecule has 2 amide bonds. The van der Waals surface area contributed by atoms with E-state index in [-0.39, 0.29) is 18.4 Å². The number of morpholine rings is 1. The van der Waals surface area contributed by atoms with Crippen molar-refractivity contribution in [1.29, 1.82) is 0 Å². The van der Waals surface area contributed by atoms with Gasteiger partial charge in [0.05, 0.1) is 13.2 Å². The highest BCUT2D eigenvalue weighted by Gasteiger charge is 2.44. The molecule has 166 valence electrons. The van der Waals surface area contributed by atoms with Crippen molar-refractivity contribution in [2.24, 2.45) is 0 Å². The Morgan fingerprint density at radius 2 is 1.81 bits per heavy atom. The van der Waals surface area contributed by atoms with E-state index < -0.39 is 5.60 Å². The minimum absolute atomic E-state index is 0.0541. The number of aryl methyl sites for hydroxylation is 1. The van der Waals surface area contributed by atoms with Gasteiger partial charge in [0.15, 0.2) is 5.60 Å². The summed E-state index contributed by atoms with van der Waals surface area (Å²) < 4.78 is 6.06. The Bertz CT molecular complexity index is 1030. The lowest BCUT2D eigenvalue weighted by molar-refractivity contribution is -0.165. The van der Waals surface area contributed by atoms with Crippen molar-refractivity contribution in [3.05, 3.63) is 83.2 Å². The van der Waals surface area contributed by atoms with Crippen molar-refractivity contribution in [2.45, 2.75) is 24.9 Å². The molecule has 1 aromatic heterocycles. The van der Waals surface area contributed by atoms with Crippen LogP contribution in [0.2, 0.25) is 0 Å². The number of benzene rings is 2. The first-order valence-corrected chi connectivity index (χ1v) is 11.8. The van der Waals surface area contributed by atoms with Crippen LogP contribution in [0, 0.1) is 0 Å². The van der Waals surface area contributed by atoms with Crippen LogP contribution in [0.1, 0.15) is 17.5 Å². The number of carbonyl (C=O) groups excluding carboxylic acids is 2. The first-order chi connectivity index (χ1) is 15.6. The van der Waals surface area contributed by atoms with Crippen molar-refractivity contribution in [1.82, 2.24) is 10.2 Å². The van der Waals surface area contributed by atoms with E-state index in [1.807, 2.05) is 48.5 Å². The van der Waals surface area contributed by atoms with Crippen LogP contribution >= 0.6 is 11.3 Å². The van der Waals surface area contributed by atoms with E-state index in [4.69, 9.17) is 4.74 Å². The molecule has 32 heavy (non-hydrogen) atoms. The summed E-state index contributed by atoms with van der Waals surface area (Å²) in [7, 11) is 1.61. The lowest BCUT2D eigenvalue weighted by Crippen LogP contribution is -2.61. The Kier molecular flexibility index (Phi) is 7.02. The van der Waals surface area contributed by atoms with Crippen molar-refractivity contribution in [3.63, 3.8) is 0 Å². The van der Waals surface area contributed by atoms with Gasteiger partial charge >= 0.3 is 0 Å². The molecule has 1 aliphatic rings. The Hall–Kier alpha value is -2.96. The van der Waals surface area contributed by atoms with Crippen LogP contribution in [0.5, 0.6) is 0 Å². The smallest absolute Gasteiger partial charge is 0.254 e. The molecule has 0 spiro atoms. The van der Waals surface area contributed by atoms with Gasteiger partial charge in [-0.15, -0.1) is 11.3 Å². The van der Waals surface area contributed by atoms with Gasteiger partial charge in [0, 0.05) is 31.3 Å². The molecule has 0 bridgehead atoms. The molecule has 3 aromatic rings. The number of thiophene rings is 1. The molecule has 1 N–H and O–H groups in total. The highest BCUT2D eigenvalue weighted by atomic mass is 32.1. The normalized spacial score (nSPS) is 18.3. The van der Waals surface area contributed by atoms with Gasteiger partial charge in [-0.25, -0.2) is 0 Å². The van der Waals surface area contributed by atoms with Crippen LogP contribution in [0.25, 0.3) is 10.4 Å². The average Bonchev–Trinajstić information content (AvgIpc) is 3.38. The molecule has 5 nitrogen and oxygen atoms in total. The van der Waals surface area contributed by atoms with Crippen molar-refractivity contribution in [3.8, 4) is 10.4 Å². The molecular formula is C26H28N2O3S. The Labute approximate surface area is 193 Å². The third-order valence-electron chi connectivity index (χ3n) is 5.90. The van der Waals surface area contributed by atoms with Crippen molar-refractivity contribution >= 4 is 23.2 Å². The molecule has 2 heterocycles. The molecule has 2 aromatic carbocycles. The second kappa shape index (κ2) is 10.1. The number of amides is 2. The number of rotatable bonds is 7. The predicted molar refractivity (Wildman–Crippen MR) is 128 cm³/mol. The fraction of sp³-hybridized carbons (Fsp3) is 0.308. The summed E-state index contributed by atoms with van der Waals surface area (Å²) in [6.07, 6.45) is 1.53. The number of ether oxygens (including phenoxy) is 1. The largest absolute Gasteiger partial charge is 0.361 e. The molecule has 6 heteroatoms. The molecule has 0 saturated carbocycles. The zero-order valence-corrected chi connectivity index (χ0v) is 19.1. The van der Waals surface area contributed by atoms with Gasteiger partial charge in [-0.05, 0) is 34.6 Å². The summed E-state index contributed by atoms with van der Waals surface area (Å²) >= 11 is 1.70. The summed E-state index contributed by atoms with van der Waals surface area (Å²) in [5, 5.41) is 4.81. The Morgan fingerprint density at radius 1 is 1.03 bits per heavy atom. The monoisotopic (exact) mass is 448 g/mol. The molecular weight excluding hydrogens is 420 g/mol. The van der Waals surface area contributed by atoms with E-state index in [1.54, 1.807) is 23.3 Å². The molecule has 0 aliphatic carbocycles. The summed E-state index contributed by atoms with van der Waals surface area (Å²) in [6.45, 7) is 1.11. The van der Waals surface area contributed by atoms with Crippen LogP contribution < -0.4 is 5.32 Å². The summed E-state index contributed by atoms with van der Waals surface area (Å²) in [5.41, 5.74) is 2.21. The molecule has 0 radical (unpaired) electrons. The summed E-state index contributed by atoms with van der Waals surface area (Å²) in [4.78, 5) is 28.8. The number of hydrogen-bond donors (Lipinski definition) is 1. The number of nitrogens with one attached hydrogen (secondary N) is 1. The molecule has 1 fully saturated rings. The van der Waals surface area contributed by atoms with Crippen LogP contribution in [-0.2, 0) is 27.2 Å². The maximum atomic E-state index is 12.9. The lowest BCUT2D eigenvalue weighted by Gasteiger charge is -2.41. The lowest BCUT2D eigenvalue weighted by atomic mass is 9.90. The minimum atomic E-state index is -1.08. The van der Waals surface area contributed by atoms with E-state index in [1.165, 1.54) is 4.88 Å². The van der Waals surface area contributed by atoms with Gasteiger partial charge in [-0.2, -0.15) is 0 Å². The highest BCUT2D eigenvalue weighted by molar-refractivity contribution is 7.13. The zero-order chi connectivity index (χ0) is 22.4. The third-order valence-corrected chi connectivity index (χ3v) is 6.82.